The summed E-state index contributed by atoms with van der Waals surface area (Å²) in [5.41, 5.74) is 3.43. The van der Waals surface area contributed by atoms with Gasteiger partial charge in [-0.15, -0.1) is 0 Å². The molecule has 30 heavy (non-hydrogen) atoms. The van der Waals surface area contributed by atoms with E-state index in [0.29, 0.717) is 30.9 Å². The lowest BCUT2D eigenvalue weighted by atomic mass is 10.1. The normalized spacial score (nSPS) is 16.3. The summed E-state index contributed by atoms with van der Waals surface area (Å²) in [5, 5.41) is 3.72. The Bertz CT molecular complexity index is 1110. The molecule has 1 fully saturated rings. The van der Waals surface area contributed by atoms with E-state index < -0.39 is 5.92 Å². The molecule has 0 aliphatic carbocycles. The second-order valence-corrected chi connectivity index (χ2v) is 7.69. The van der Waals surface area contributed by atoms with Crippen LogP contribution >= 0.6 is 0 Å². The molecule has 4 rings (SSSR count). The molecule has 2 aromatic carbocycles. The predicted octanol–water partition coefficient (Wildman–Crippen LogP) is 3.65. The van der Waals surface area contributed by atoms with Gasteiger partial charge >= 0.3 is 0 Å². The van der Waals surface area contributed by atoms with E-state index in [9.17, 15) is 14.0 Å². The highest BCUT2D eigenvalue weighted by Gasteiger charge is 2.34. The van der Waals surface area contributed by atoms with Gasteiger partial charge in [-0.25, -0.2) is 4.39 Å². The van der Waals surface area contributed by atoms with Gasteiger partial charge in [-0.3, -0.25) is 9.59 Å². The van der Waals surface area contributed by atoms with Crippen LogP contribution in [-0.2, 0) is 16.0 Å². The third-order valence-corrected chi connectivity index (χ3v) is 5.58. The lowest BCUT2D eigenvalue weighted by Gasteiger charge is -2.17. The van der Waals surface area contributed by atoms with Crippen LogP contribution < -0.4 is 10.1 Å². The molecule has 0 spiro atoms. The maximum Gasteiger partial charge on any atom is 0.229 e. The largest absolute Gasteiger partial charge is 0.495 e. The van der Waals surface area contributed by atoms with Gasteiger partial charge in [-0.2, -0.15) is 0 Å². The first-order chi connectivity index (χ1) is 14.4. The van der Waals surface area contributed by atoms with E-state index in [2.05, 4.69) is 10.3 Å². The Morgan fingerprint density at radius 3 is 2.93 bits per heavy atom. The first-order valence-corrected chi connectivity index (χ1v) is 9.93. The minimum atomic E-state index is -0.414. The highest BCUT2D eigenvalue weighted by Crippen LogP contribution is 2.28. The van der Waals surface area contributed by atoms with Gasteiger partial charge in [-0.1, -0.05) is 6.07 Å². The molecule has 6 nitrogen and oxygen atoms in total. The fraction of sp³-hybridized carbons (Fsp3) is 0.304. The van der Waals surface area contributed by atoms with E-state index in [0.717, 1.165) is 22.0 Å². The summed E-state index contributed by atoms with van der Waals surface area (Å²) in [4.78, 5) is 30.0. The fourth-order valence-corrected chi connectivity index (χ4v) is 3.93. The lowest BCUT2D eigenvalue weighted by Crippen LogP contribution is -2.30. The number of nitrogens with zero attached hydrogens (tertiary/aromatic N) is 1. The number of aryl methyl sites for hydroxylation is 1. The third-order valence-electron chi connectivity index (χ3n) is 5.58. The number of carbonyl (C=O) groups excluding carboxylic acids is 2. The summed E-state index contributed by atoms with van der Waals surface area (Å²) in [6.45, 7) is 2.79. The van der Waals surface area contributed by atoms with Gasteiger partial charge in [0.25, 0.3) is 0 Å². The molecule has 2 amide bonds. The van der Waals surface area contributed by atoms with E-state index in [1.54, 1.807) is 24.1 Å². The molecule has 1 aliphatic rings. The highest BCUT2D eigenvalue weighted by molar-refractivity contribution is 5.98. The van der Waals surface area contributed by atoms with Gasteiger partial charge in [-0.05, 0) is 54.8 Å². The molecule has 0 unspecified atom stereocenters. The minimum Gasteiger partial charge on any atom is -0.495 e. The first-order valence-electron chi connectivity index (χ1n) is 9.93. The Kier molecular flexibility index (Phi) is 5.44. The monoisotopic (exact) mass is 409 g/mol. The molecule has 1 aromatic heterocycles. The average Bonchev–Trinajstić information content (AvgIpc) is 3.29. The second kappa shape index (κ2) is 8.18. The van der Waals surface area contributed by atoms with Crippen molar-refractivity contribution in [3.05, 3.63) is 59.5 Å². The number of anilines is 1. The van der Waals surface area contributed by atoms with Crippen LogP contribution in [0.1, 0.15) is 17.5 Å². The molecular weight excluding hydrogens is 385 g/mol. The molecule has 2 heterocycles. The van der Waals surface area contributed by atoms with Crippen LogP contribution in [0.5, 0.6) is 5.75 Å². The molecule has 0 radical (unpaired) electrons. The van der Waals surface area contributed by atoms with Gasteiger partial charge in [0.2, 0.25) is 11.8 Å². The predicted molar refractivity (Wildman–Crippen MR) is 113 cm³/mol. The topological polar surface area (TPSA) is 74.4 Å². The average molecular weight is 409 g/mol. The summed E-state index contributed by atoms with van der Waals surface area (Å²) in [6.07, 6.45) is 2.62. The molecule has 1 atom stereocenters. The SMILES string of the molecule is COc1ccc(C)cc1NC(=O)[C@H]1CC(=O)N(CCc2c[nH]c3ccc(F)cc23)C1. The molecule has 2 N–H and O–H groups in total. The number of amides is 2. The molecule has 3 aromatic rings. The van der Waals surface area contributed by atoms with Crippen LogP contribution in [0.3, 0.4) is 0 Å². The van der Waals surface area contributed by atoms with E-state index in [-0.39, 0.29) is 24.1 Å². The smallest absolute Gasteiger partial charge is 0.229 e. The van der Waals surface area contributed by atoms with Crippen LogP contribution in [0.15, 0.2) is 42.6 Å². The maximum atomic E-state index is 13.6. The zero-order valence-electron chi connectivity index (χ0n) is 17.0. The number of halogens is 1. The van der Waals surface area contributed by atoms with Gasteiger partial charge < -0.3 is 19.9 Å². The van der Waals surface area contributed by atoms with Crippen molar-refractivity contribution in [1.29, 1.82) is 0 Å². The van der Waals surface area contributed by atoms with Crippen molar-refractivity contribution < 1.29 is 18.7 Å². The molecule has 7 heteroatoms. The standard InChI is InChI=1S/C23H24FN3O3/c1-14-3-6-21(30-2)20(9-14)26-23(29)16-10-22(28)27(13-16)8-7-15-12-25-19-5-4-17(24)11-18(15)19/h3-6,9,11-12,16,25H,7-8,10,13H2,1-2H3,(H,26,29)/t16-/m0/s1. The lowest BCUT2D eigenvalue weighted by molar-refractivity contribution is -0.128. The van der Waals surface area contributed by atoms with Gasteiger partial charge in [0.05, 0.1) is 18.7 Å². The molecule has 0 saturated carbocycles. The first kappa shape index (κ1) is 19.9. The number of H-pyrrole nitrogens is 1. The van der Waals surface area contributed by atoms with Crippen molar-refractivity contribution in [3.8, 4) is 5.75 Å². The Hall–Kier alpha value is -3.35. The summed E-state index contributed by atoms with van der Waals surface area (Å²) in [5.74, 6) is -0.352. The summed E-state index contributed by atoms with van der Waals surface area (Å²) in [7, 11) is 1.55. The number of ether oxygens (including phenoxy) is 1. The number of hydrogen-bond donors (Lipinski definition) is 2. The maximum absolute atomic E-state index is 13.6. The van der Waals surface area contributed by atoms with Crippen molar-refractivity contribution in [3.63, 3.8) is 0 Å². The van der Waals surface area contributed by atoms with Crippen molar-refractivity contribution in [1.82, 2.24) is 9.88 Å². The summed E-state index contributed by atoms with van der Waals surface area (Å²) in [6, 6.07) is 10.2. The van der Waals surface area contributed by atoms with Crippen molar-refractivity contribution in [2.45, 2.75) is 19.8 Å². The number of aromatic amines is 1. The number of methoxy groups -OCH3 is 1. The van der Waals surface area contributed by atoms with E-state index in [4.69, 9.17) is 4.74 Å². The summed E-state index contributed by atoms with van der Waals surface area (Å²) < 4.78 is 18.9. The van der Waals surface area contributed by atoms with Crippen LogP contribution in [0.25, 0.3) is 10.9 Å². The Labute approximate surface area is 174 Å². The molecule has 1 aliphatic heterocycles. The fourth-order valence-electron chi connectivity index (χ4n) is 3.93. The van der Waals surface area contributed by atoms with Gasteiger partial charge in [0.15, 0.2) is 0 Å². The number of rotatable bonds is 6. The zero-order valence-corrected chi connectivity index (χ0v) is 17.0. The highest BCUT2D eigenvalue weighted by atomic mass is 19.1. The number of hydrogen-bond acceptors (Lipinski definition) is 3. The van der Waals surface area contributed by atoms with Crippen molar-refractivity contribution in [2.24, 2.45) is 5.92 Å². The summed E-state index contributed by atoms with van der Waals surface area (Å²) >= 11 is 0. The van der Waals surface area contributed by atoms with Crippen molar-refractivity contribution >= 4 is 28.4 Å². The van der Waals surface area contributed by atoms with Gasteiger partial charge in [0.1, 0.15) is 11.6 Å². The quantitative estimate of drug-likeness (QED) is 0.653. The molecule has 0 bridgehead atoms. The van der Waals surface area contributed by atoms with Crippen LogP contribution in [0.2, 0.25) is 0 Å². The number of fused-ring (bicyclic) bond motifs is 1. The molecule has 1 saturated heterocycles. The second-order valence-electron chi connectivity index (χ2n) is 7.69. The van der Waals surface area contributed by atoms with Gasteiger partial charge in [0, 0.05) is 36.6 Å². The Morgan fingerprint density at radius 1 is 1.30 bits per heavy atom. The van der Waals surface area contributed by atoms with E-state index in [1.807, 2.05) is 25.3 Å². The number of carbonyl (C=O) groups is 2. The Morgan fingerprint density at radius 2 is 2.13 bits per heavy atom. The number of benzene rings is 2. The third kappa shape index (κ3) is 4.01. The number of aromatic nitrogens is 1. The van der Waals surface area contributed by atoms with Crippen molar-refractivity contribution in [2.75, 3.05) is 25.5 Å². The van der Waals surface area contributed by atoms with Crippen LogP contribution in [0.4, 0.5) is 10.1 Å². The molecule has 156 valence electrons. The zero-order chi connectivity index (χ0) is 21.3. The van der Waals surface area contributed by atoms with E-state index >= 15 is 0 Å². The van der Waals surface area contributed by atoms with Crippen LogP contribution in [-0.4, -0.2) is 41.9 Å². The van der Waals surface area contributed by atoms with E-state index in [1.165, 1.54) is 12.1 Å². The Balaban J connectivity index is 1.39. The minimum absolute atomic E-state index is 0.0441. The number of nitrogens with one attached hydrogen (secondary N) is 2. The van der Waals surface area contributed by atoms with Crippen LogP contribution in [0, 0.1) is 18.7 Å². The molecular formula is C23H24FN3O3. The number of likely N-dealkylation sites (tertiary alicyclic amines) is 1.